The van der Waals surface area contributed by atoms with E-state index in [2.05, 4.69) is 36.2 Å². The first-order chi connectivity index (χ1) is 7.83. The van der Waals surface area contributed by atoms with Crippen LogP contribution >= 0.6 is 0 Å². The van der Waals surface area contributed by atoms with E-state index < -0.39 is 0 Å². The Morgan fingerprint density at radius 2 is 1.69 bits per heavy atom. The molecule has 0 unspecified atom stereocenters. The molecule has 2 aromatic rings. The lowest BCUT2D eigenvalue weighted by Crippen LogP contribution is -1.88. The van der Waals surface area contributed by atoms with E-state index >= 15 is 0 Å². The second kappa shape index (κ2) is 4.90. The van der Waals surface area contributed by atoms with Gasteiger partial charge in [-0.2, -0.15) is 0 Å². The SMILES string of the molecule is CCc1ccc(-c2ccc(CO)nc2)cc1. The number of rotatable bonds is 3. The van der Waals surface area contributed by atoms with Gasteiger partial charge in [-0.3, -0.25) is 4.98 Å². The molecular weight excluding hydrogens is 198 g/mol. The predicted molar refractivity (Wildman–Crippen MR) is 65.0 cm³/mol. The number of aromatic nitrogens is 1. The van der Waals surface area contributed by atoms with Gasteiger partial charge in [0.1, 0.15) is 0 Å². The second-order valence-corrected chi connectivity index (χ2v) is 3.75. The molecule has 1 N–H and O–H groups in total. The van der Waals surface area contributed by atoms with Crippen LogP contribution in [0.2, 0.25) is 0 Å². The largest absolute Gasteiger partial charge is 0.390 e. The summed E-state index contributed by atoms with van der Waals surface area (Å²) in [6.45, 7) is 2.14. The molecule has 0 aliphatic carbocycles. The number of hydrogen-bond acceptors (Lipinski definition) is 2. The van der Waals surface area contributed by atoms with Crippen LogP contribution in [0, 0.1) is 0 Å². The first-order valence-electron chi connectivity index (χ1n) is 5.48. The summed E-state index contributed by atoms with van der Waals surface area (Å²) in [7, 11) is 0. The fourth-order valence-corrected chi connectivity index (χ4v) is 1.62. The third-order valence-electron chi connectivity index (χ3n) is 2.68. The maximum atomic E-state index is 8.90. The average molecular weight is 213 g/mol. The zero-order chi connectivity index (χ0) is 11.4. The van der Waals surface area contributed by atoms with E-state index in [1.165, 1.54) is 5.56 Å². The molecule has 2 heteroatoms. The fourth-order valence-electron chi connectivity index (χ4n) is 1.62. The minimum absolute atomic E-state index is 0.00491. The average Bonchev–Trinajstić information content (AvgIpc) is 2.39. The summed E-state index contributed by atoms with van der Waals surface area (Å²) in [5.74, 6) is 0. The molecule has 2 nitrogen and oxygen atoms in total. The normalized spacial score (nSPS) is 10.4. The molecule has 0 atom stereocenters. The van der Waals surface area contributed by atoms with Crippen molar-refractivity contribution in [2.75, 3.05) is 0 Å². The van der Waals surface area contributed by atoms with Crippen LogP contribution in [0.5, 0.6) is 0 Å². The molecule has 0 aliphatic heterocycles. The maximum absolute atomic E-state index is 8.90. The highest BCUT2D eigenvalue weighted by Crippen LogP contribution is 2.19. The lowest BCUT2D eigenvalue weighted by molar-refractivity contribution is 0.277. The fraction of sp³-hybridized carbons (Fsp3) is 0.214. The van der Waals surface area contributed by atoms with Crippen LogP contribution < -0.4 is 0 Å². The standard InChI is InChI=1S/C14H15NO/c1-2-11-3-5-12(6-4-11)13-7-8-14(10-16)15-9-13/h3-9,16H,2,10H2,1H3. The summed E-state index contributed by atoms with van der Waals surface area (Å²) in [6, 6.07) is 12.3. The molecule has 0 amide bonds. The van der Waals surface area contributed by atoms with Gasteiger partial charge in [-0.15, -0.1) is 0 Å². The van der Waals surface area contributed by atoms with Crippen LogP contribution in [0.4, 0.5) is 0 Å². The Hall–Kier alpha value is -1.67. The first kappa shape index (κ1) is 10.8. The quantitative estimate of drug-likeness (QED) is 0.850. The molecule has 0 aliphatic rings. The van der Waals surface area contributed by atoms with Gasteiger partial charge < -0.3 is 5.11 Å². The molecule has 1 heterocycles. The summed E-state index contributed by atoms with van der Waals surface area (Å²) >= 11 is 0. The molecule has 0 saturated heterocycles. The molecule has 1 aromatic heterocycles. The minimum Gasteiger partial charge on any atom is -0.390 e. The molecule has 0 saturated carbocycles. The number of aliphatic hydroxyl groups excluding tert-OH is 1. The number of pyridine rings is 1. The minimum atomic E-state index is -0.00491. The summed E-state index contributed by atoms with van der Waals surface area (Å²) in [5.41, 5.74) is 4.28. The van der Waals surface area contributed by atoms with Gasteiger partial charge in [0, 0.05) is 11.8 Å². The van der Waals surface area contributed by atoms with Crippen molar-refractivity contribution in [1.82, 2.24) is 4.98 Å². The van der Waals surface area contributed by atoms with E-state index in [9.17, 15) is 0 Å². The van der Waals surface area contributed by atoms with Gasteiger partial charge >= 0.3 is 0 Å². The lowest BCUT2D eigenvalue weighted by Gasteiger charge is -2.03. The van der Waals surface area contributed by atoms with Gasteiger partial charge in [-0.1, -0.05) is 37.3 Å². The van der Waals surface area contributed by atoms with Gasteiger partial charge in [0.2, 0.25) is 0 Å². The summed E-state index contributed by atoms with van der Waals surface area (Å²) in [4.78, 5) is 4.17. The monoisotopic (exact) mass is 213 g/mol. The molecule has 0 spiro atoms. The van der Waals surface area contributed by atoms with Crippen LogP contribution in [0.3, 0.4) is 0 Å². The van der Waals surface area contributed by atoms with Gasteiger partial charge in [0.15, 0.2) is 0 Å². The van der Waals surface area contributed by atoms with Gasteiger partial charge in [0.25, 0.3) is 0 Å². The lowest BCUT2D eigenvalue weighted by atomic mass is 10.0. The number of aryl methyl sites for hydroxylation is 1. The molecule has 0 bridgehead atoms. The predicted octanol–water partition coefficient (Wildman–Crippen LogP) is 2.80. The van der Waals surface area contributed by atoms with Crippen LogP contribution in [-0.4, -0.2) is 10.1 Å². The molecule has 16 heavy (non-hydrogen) atoms. The highest BCUT2D eigenvalue weighted by atomic mass is 16.3. The van der Waals surface area contributed by atoms with E-state index in [1.807, 2.05) is 12.1 Å². The van der Waals surface area contributed by atoms with E-state index in [-0.39, 0.29) is 6.61 Å². The number of benzene rings is 1. The molecule has 1 aromatic carbocycles. The molecule has 0 radical (unpaired) electrons. The van der Waals surface area contributed by atoms with Crippen LogP contribution in [0.15, 0.2) is 42.6 Å². The van der Waals surface area contributed by atoms with Crippen molar-refractivity contribution in [3.63, 3.8) is 0 Å². The number of nitrogens with zero attached hydrogens (tertiary/aromatic N) is 1. The van der Waals surface area contributed by atoms with Crippen molar-refractivity contribution in [3.05, 3.63) is 53.9 Å². The Kier molecular flexibility index (Phi) is 3.32. The van der Waals surface area contributed by atoms with Gasteiger partial charge in [0.05, 0.1) is 12.3 Å². The Bertz CT molecular complexity index is 400. The first-order valence-corrected chi connectivity index (χ1v) is 5.48. The third-order valence-corrected chi connectivity index (χ3v) is 2.68. The molecule has 82 valence electrons. The maximum Gasteiger partial charge on any atom is 0.0852 e. The highest BCUT2D eigenvalue weighted by molar-refractivity contribution is 5.62. The van der Waals surface area contributed by atoms with Crippen LogP contribution in [0.1, 0.15) is 18.2 Å². The van der Waals surface area contributed by atoms with Crippen molar-refractivity contribution in [2.45, 2.75) is 20.0 Å². The number of aliphatic hydroxyl groups is 1. The Morgan fingerprint density at radius 3 is 2.19 bits per heavy atom. The Morgan fingerprint density at radius 1 is 1.00 bits per heavy atom. The van der Waals surface area contributed by atoms with Crippen molar-refractivity contribution >= 4 is 0 Å². The summed E-state index contributed by atoms with van der Waals surface area (Å²) in [6.07, 6.45) is 2.86. The second-order valence-electron chi connectivity index (χ2n) is 3.75. The number of hydrogen-bond donors (Lipinski definition) is 1. The topological polar surface area (TPSA) is 33.1 Å². The zero-order valence-corrected chi connectivity index (χ0v) is 9.35. The van der Waals surface area contributed by atoms with Crippen molar-refractivity contribution in [3.8, 4) is 11.1 Å². The van der Waals surface area contributed by atoms with Gasteiger partial charge in [-0.05, 0) is 23.6 Å². The van der Waals surface area contributed by atoms with Crippen molar-refractivity contribution in [2.24, 2.45) is 0 Å². The Labute approximate surface area is 95.6 Å². The van der Waals surface area contributed by atoms with E-state index in [0.717, 1.165) is 17.5 Å². The van der Waals surface area contributed by atoms with E-state index in [1.54, 1.807) is 6.20 Å². The zero-order valence-electron chi connectivity index (χ0n) is 9.35. The Balaban J connectivity index is 2.28. The molecular formula is C14H15NO. The smallest absolute Gasteiger partial charge is 0.0852 e. The van der Waals surface area contributed by atoms with E-state index in [0.29, 0.717) is 5.69 Å². The third kappa shape index (κ3) is 2.28. The molecule has 0 fully saturated rings. The van der Waals surface area contributed by atoms with Crippen LogP contribution in [0.25, 0.3) is 11.1 Å². The van der Waals surface area contributed by atoms with Gasteiger partial charge in [-0.25, -0.2) is 0 Å². The van der Waals surface area contributed by atoms with Crippen molar-refractivity contribution in [1.29, 1.82) is 0 Å². The van der Waals surface area contributed by atoms with Crippen LogP contribution in [-0.2, 0) is 13.0 Å². The van der Waals surface area contributed by atoms with Crippen molar-refractivity contribution < 1.29 is 5.11 Å². The highest BCUT2D eigenvalue weighted by Gasteiger charge is 1.98. The summed E-state index contributed by atoms with van der Waals surface area (Å²) < 4.78 is 0. The van der Waals surface area contributed by atoms with E-state index in [4.69, 9.17) is 5.11 Å². The molecule has 2 rings (SSSR count). The summed E-state index contributed by atoms with van der Waals surface area (Å²) in [5, 5.41) is 8.90.